The summed E-state index contributed by atoms with van der Waals surface area (Å²) >= 11 is 0. The zero-order valence-electron chi connectivity index (χ0n) is 20.1. The number of ether oxygens (including phenoxy) is 2. The number of ketones is 1. The van der Waals surface area contributed by atoms with Gasteiger partial charge in [-0.3, -0.25) is 14.5 Å². The number of likely N-dealkylation sites (tertiary alicyclic amines) is 1. The van der Waals surface area contributed by atoms with Crippen LogP contribution in [0.4, 0.5) is 0 Å². The molecule has 1 atom stereocenters. The third kappa shape index (κ3) is 5.63. The minimum atomic E-state index is -0.701. The van der Waals surface area contributed by atoms with E-state index in [-0.39, 0.29) is 11.3 Å². The highest BCUT2D eigenvalue weighted by Crippen LogP contribution is 2.40. The van der Waals surface area contributed by atoms with Crippen molar-refractivity contribution in [1.29, 1.82) is 0 Å². The normalized spacial score (nSPS) is 20.3. The maximum absolute atomic E-state index is 13.2. The van der Waals surface area contributed by atoms with Crippen molar-refractivity contribution in [2.24, 2.45) is 0 Å². The van der Waals surface area contributed by atoms with Crippen LogP contribution in [0, 0.1) is 6.92 Å². The van der Waals surface area contributed by atoms with Gasteiger partial charge in [0.2, 0.25) is 0 Å². The lowest BCUT2D eigenvalue weighted by Crippen LogP contribution is -2.38. The van der Waals surface area contributed by atoms with E-state index in [0.717, 1.165) is 25.2 Å². The molecule has 0 bridgehead atoms. The molecule has 184 valence electrons. The van der Waals surface area contributed by atoms with E-state index < -0.39 is 17.7 Å². The van der Waals surface area contributed by atoms with Gasteiger partial charge in [0.25, 0.3) is 11.7 Å². The van der Waals surface area contributed by atoms with Crippen LogP contribution in [-0.4, -0.2) is 72.6 Å². The Kier molecular flexibility index (Phi) is 8.00. The number of amides is 1. The van der Waals surface area contributed by atoms with Gasteiger partial charge in [0.05, 0.1) is 24.8 Å². The van der Waals surface area contributed by atoms with Crippen LogP contribution in [-0.2, 0) is 14.3 Å². The van der Waals surface area contributed by atoms with E-state index in [1.54, 1.807) is 23.1 Å². The molecule has 2 aromatic rings. The van der Waals surface area contributed by atoms with Crippen molar-refractivity contribution >= 4 is 17.4 Å². The lowest BCUT2D eigenvalue weighted by molar-refractivity contribution is -0.140. The van der Waals surface area contributed by atoms with Crippen LogP contribution in [0.2, 0.25) is 0 Å². The van der Waals surface area contributed by atoms with Gasteiger partial charge in [-0.15, -0.1) is 0 Å². The van der Waals surface area contributed by atoms with Crippen LogP contribution in [0.15, 0.2) is 66.8 Å². The smallest absolute Gasteiger partial charge is 0.295 e. The van der Waals surface area contributed by atoms with Crippen LogP contribution < -0.4 is 4.74 Å². The van der Waals surface area contributed by atoms with E-state index in [1.165, 1.54) is 0 Å². The van der Waals surface area contributed by atoms with E-state index in [4.69, 9.17) is 9.47 Å². The largest absolute Gasteiger partial charge is 0.507 e. The molecule has 2 heterocycles. The Morgan fingerprint density at radius 2 is 1.89 bits per heavy atom. The maximum Gasteiger partial charge on any atom is 0.295 e. The number of Topliss-reactive ketones (excluding diaryl/α,β-unsaturated/α-hetero) is 1. The van der Waals surface area contributed by atoms with Crippen molar-refractivity contribution in [3.63, 3.8) is 0 Å². The molecule has 1 amide bonds. The third-order valence-corrected chi connectivity index (χ3v) is 6.38. The van der Waals surface area contributed by atoms with Gasteiger partial charge in [-0.25, -0.2) is 0 Å². The van der Waals surface area contributed by atoms with Gasteiger partial charge in [0, 0.05) is 31.7 Å². The summed E-state index contributed by atoms with van der Waals surface area (Å²) in [7, 11) is 0. The summed E-state index contributed by atoms with van der Waals surface area (Å²) in [5.74, 6) is -0.821. The Bertz CT molecular complexity index is 1100. The number of aliphatic hydroxyl groups is 1. The van der Waals surface area contributed by atoms with E-state index in [1.807, 2.05) is 43.3 Å². The molecule has 7 nitrogen and oxygen atoms in total. The zero-order chi connectivity index (χ0) is 24.8. The molecule has 2 aliphatic rings. The summed E-state index contributed by atoms with van der Waals surface area (Å²) in [6, 6.07) is 13.9. The van der Waals surface area contributed by atoms with E-state index >= 15 is 0 Å². The van der Waals surface area contributed by atoms with Crippen molar-refractivity contribution in [3.05, 3.63) is 83.4 Å². The summed E-state index contributed by atoms with van der Waals surface area (Å²) in [4.78, 5) is 30.3. The second kappa shape index (κ2) is 11.3. The first-order chi connectivity index (χ1) is 17.0. The first-order valence-corrected chi connectivity index (χ1v) is 12.0. The second-order valence-corrected chi connectivity index (χ2v) is 8.84. The molecule has 0 aliphatic carbocycles. The van der Waals surface area contributed by atoms with E-state index in [2.05, 4.69) is 11.5 Å². The van der Waals surface area contributed by atoms with Gasteiger partial charge in [-0.2, -0.15) is 0 Å². The third-order valence-electron chi connectivity index (χ3n) is 6.38. The number of carbonyl (C=O) groups is 2. The van der Waals surface area contributed by atoms with E-state index in [0.29, 0.717) is 49.7 Å². The molecule has 2 saturated heterocycles. The lowest BCUT2D eigenvalue weighted by atomic mass is 9.95. The number of morpholine rings is 1. The van der Waals surface area contributed by atoms with Gasteiger partial charge in [0.1, 0.15) is 18.1 Å². The Morgan fingerprint density at radius 1 is 1.14 bits per heavy atom. The number of aliphatic hydroxyl groups excluding tert-OH is 1. The van der Waals surface area contributed by atoms with Gasteiger partial charge in [0.15, 0.2) is 0 Å². The van der Waals surface area contributed by atoms with Crippen molar-refractivity contribution in [2.75, 3.05) is 46.0 Å². The topological polar surface area (TPSA) is 79.3 Å². The maximum atomic E-state index is 13.2. The molecule has 0 unspecified atom stereocenters. The Labute approximate surface area is 206 Å². The number of aryl methyl sites for hydroxylation is 1. The van der Waals surface area contributed by atoms with Crippen LogP contribution in [0.25, 0.3) is 5.76 Å². The quantitative estimate of drug-likeness (QED) is 0.257. The van der Waals surface area contributed by atoms with Crippen LogP contribution >= 0.6 is 0 Å². The zero-order valence-corrected chi connectivity index (χ0v) is 20.1. The summed E-state index contributed by atoms with van der Waals surface area (Å²) in [5, 5.41) is 11.2. The molecule has 0 radical (unpaired) electrons. The summed E-state index contributed by atoms with van der Waals surface area (Å²) in [6.45, 7) is 10.3. The first-order valence-electron chi connectivity index (χ1n) is 12.0. The molecular formula is C28H32N2O5. The summed E-state index contributed by atoms with van der Waals surface area (Å²) in [6.07, 6.45) is 2.36. The van der Waals surface area contributed by atoms with Crippen molar-refractivity contribution < 1.29 is 24.2 Å². The van der Waals surface area contributed by atoms with Crippen LogP contribution in [0.1, 0.15) is 29.2 Å². The molecular weight excluding hydrogens is 444 g/mol. The minimum absolute atomic E-state index is 0.103. The molecule has 4 rings (SSSR count). The fourth-order valence-electron chi connectivity index (χ4n) is 4.54. The first kappa shape index (κ1) is 24.7. The summed E-state index contributed by atoms with van der Waals surface area (Å²) < 4.78 is 11.1. The molecule has 1 N–H and O–H groups in total. The Balaban J connectivity index is 1.68. The number of rotatable bonds is 9. The average molecular weight is 477 g/mol. The Hall–Kier alpha value is -3.42. The molecule has 0 spiro atoms. The Morgan fingerprint density at radius 3 is 2.60 bits per heavy atom. The number of hydrogen-bond acceptors (Lipinski definition) is 6. The highest BCUT2D eigenvalue weighted by atomic mass is 16.5. The van der Waals surface area contributed by atoms with Gasteiger partial charge < -0.3 is 19.5 Å². The standard InChI is InChI=1S/C28H32N2O5/c1-3-16-35-23-7-4-6-22(19-23)25-24(26(31)21-10-8-20(2)9-11-21)27(32)28(33)30(25)13-5-12-29-14-17-34-18-15-29/h3-4,6-11,19,25,31H,1,5,12-18H2,2H3/t25-/m0/s1. The van der Waals surface area contributed by atoms with Gasteiger partial charge in [-0.05, 0) is 31.0 Å². The predicted octanol–water partition coefficient (Wildman–Crippen LogP) is 3.70. The number of nitrogens with zero attached hydrogens (tertiary/aromatic N) is 2. The molecule has 0 aromatic heterocycles. The highest BCUT2D eigenvalue weighted by molar-refractivity contribution is 6.46. The fourth-order valence-corrected chi connectivity index (χ4v) is 4.54. The molecule has 0 saturated carbocycles. The molecule has 2 aromatic carbocycles. The SMILES string of the molecule is C=CCOc1cccc([C@H]2C(=C(O)c3ccc(C)cc3)C(=O)C(=O)N2CCCN2CCOCC2)c1. The molecule has 7 heteroatoms. The number of hydrogen-bond donors (Lipinski definition) is 1. The number of benzene rings is 2. The minimum Gasteiger partial charge on any atom is -0.507 e. The average Bonchev–Trinajstić information content (AvgIpc) is 3.13. The second-order valence-electron chi connectivity index (χ2n) is 8.84. The molecule has 2 aliphatic heterocycles. The van der Waals surface area contributed by atoms with Gasteiger partial charge >= 0.3 is 0 Å². The van der Waals surface area contributed by atoms with Crippen molar-refractivity contribution in [2.45, 2.75) is 19.4 Å². The van der Waals surface area contributed by atoms with Crippen LogP contribution in [0.5, 0.6) is 5.75 Å². The lowest BCUT2D eigenvalue weighted by Gasteiger charge is -2.29. The predicted molar refractivity (Wildman–Crippen MR) is 134 cm³/mol. The van der Waals surface area contributed by atoms with Crippen molar-refractivity contribution in [3.8, 4) is 5.75 Å². The highest BCUT2D eigenvalue weighted by Gasteiger charge is 2.45. The van der Waals surface area contributed by atoms with Crippen molar-refractivity contribution in [1.82, 2.24) is 9.80 Å². The molecule has 35 heavy (non-hydrogen) atoms. The monoisotopic (exact) mass is 476 g/mol. The fraction of sp³-hybridized carbons (Fsp3) is 0.357. The number of carbonyl (C=O) groups excluding carboxylic acids is 2. The van der Waals surface area contributed by atoms with E-state index in [9.17, 15) is 14.7 Å². The van der Waals surface area contributed by atoms with Crippen LogP contribution in [0.3, 0.4) is 0 Å². The summed E-state index contributed by atoms with van der Waals surface area (Å²) in [5.41, 5.74) is 2.36. The molecule has 2 fully saturated rings. The van der Waals surface area contributed by atoms with Gasteiger partial charge in [-0.1, -0.05) is 54.6 Å².